The van der Waals surface area contributed by atoms with E-state index in [1.54, 1.807) is 12.2 Å². The summed E-state index contributed by atoms with van der Waals surface area (Å²) < 4.78 is 0. The van der Waals surface area contributed by atoms with Crippen molar-refractivity contribution in [2.45, 2.75) is 20.8 Å². The Morgan fingerprint density at radius 2 is 1.46 bits per heavy atom. The zero-order valence-electron chi connectivity index (χ0n) is 8.54. The third-order valence-corrected chi connectivity index (χ3v) is 1.30. The molecule has 2 nitrogen and oxygen atoms in total. The summed E-state index contributed by atoms with van der Waals surface area (Å²) in [5.41, 5.74) is 1.68. The van der Waals surface area contributed by atoms with E-state index in [1.165, 1.54) is 0 Å². The van der Waals surface area contributed by atoms with Crippen molar-refractivity contribution in [3.8, 4) is 0 Å². The molecule has 0 aliphatic carbocycles. The molecule has 0 unspecified atom stereocenters. The average molecular weight is 176 g/mol. The molecular formula is C11H16N2. The van der Waals surface area contributed by atoms with E-state index in [2.05, 4.69) is 23.1 Å². The lowest BCUT2D eigenvalue weighted by molar-refractivity contribution is 1.03. The van der Waals surface area contributed by atoms with Gasteiger partial charge >= 0.3 is 0 Å². The van der Waals surface area contributed by atoms with Gasteiger partial charge in [-0.2, -0.15) is 0 Å². The summed E-state index contributed by atoms with van der Waals surface area (Å²) >= 11 is 0. The predicted octanol–water partition coefficient (Wildman–Crippen LogP) is 3.10. The smallest absolute Gasteiger partial charge is 0.126 e. The monoisotopic (exact) mass is 176 g/mol. The number of aromatic nitrogens is 2. The van der Waals surface area contributed by atoms with Crippen LogP contribution in [0.15, 0.2) is 19.2 Å². The first-order chi connectivity index (χ1) is 6.26. The summed E-state index contributed by atoms with van der Waals surface area (Å²) in [4.78, 5) is 8.25. The molecule has 0 aliphatic heterocycles. The molecule has 13 heavy (non-hydrogen) atoms. The average Bonchev–Trinajstić information content (AvgIpc) is 2.20. The van der Waals surface area contributed by atoms with Crippen molar-refractivity contribution in [3.05, 3.63) is 36.4 Å². The highest BCUT2D eigenvalue weighted by molar-refractivity contribution is 5.49. The van der Waals surface area contributed by atoms with Crippen molar-refractivity contribution in [2.75, 3.05) is 0 Å². The summed E-state index contributed by atoms with van der Waals surface area (Å²) in [6, 6.07) is 1.84. The van der Waals surface area contributed by atoms with Crippen LogP contribution in [-0.4, -0.2) is 9.97 Å². The van der Waals surface area contributed by atoms with E-state index in [-0.39, 0.29) is 0 Å². The molecule has 0 fully saturated rings. The normalized spacial score (nSPS) is 8.23. The SMILES string of the molecule is C=Cc1cc(C=C)nc(C)n1.CC. The molecule has 0 spiro atoms. The summed E-state index contributed by atoms with van der Waals surface area (Å²) in [6.07, 6.45) is 3.39. The number of aryl methyl sites for hydroxylation is 1. The van der Waals surface area contributed by atoms with Gasteiger partial charge in [0.05, 0.1) is 11.4 Å². The Hall–Kier alpha value is -1.44. The minimum atomic E-state index is 0.748. The van der Waals surface area contributed by atoms with Crippen molar-refractivity contribution >= 4 is 12.2 Å². The van der Waals surface area contributed by atoms with Gasteiger partial charge in [0.2, 0.25) is 0 Å². The van der Waals surface area contributed by atoms with Crippen molar-refractivity contribution < 1.29 is 0 Å². The van der Waals surface area contributed by atoms with Crippen LogP contribution in [-0.2, 0) is 0 Å². The second kappa shape index (κ2) is 6.12. The summed E-state index contributed by atoms with van der Waals surface area (Å²) in [7, 11) is 0. The Kier molecular flexibility index (Phi) is 5.44. The van der Waals surface area contributed by atoms with Gasteiger partial charge < -0.3 is 0 Å². The van der Waals surface area contributed by atoms with Gasteiger partial charge in [0.25, 0.3) is 0 Å². The molecule has 0 aromatic carbocycles. The molecule has 0 amide bonds. The molecule has 0 saturated carbocycles. The van der Waals surface area contributed by atoms with E-state index in [4.69, 9.17) is 0 Å². The zero-order chi connectivity index (χ0) is 10.3. The highest BCUT2D eigenvalue weighted by Crippen LogP contribution is 2.02. The molecule has 1 heterocycles. The molecule has 2 heteroatoms. The number of rotatable bonds is 2. The largest absolute Gasteiger partial charge is 0.234 e. The molecule has 0 radical (unpaired) electrons. The fourth-order valence-corrected chi connectivity index (χ4v) is 0.824. The molecule has 1 rings (SSSR count). The standard InChI is InChI=1S/C9H10N2.C2H6/c1-4-8-6-9(5-2)11-7(3)10-8;1-2/h4-6H,1-2H2,3H3;1-2H3. The van der Waals surface area contributed by atoms with Crippen LogP contribution < -0.4 is 0 Å². The highest BCUT2D eigenvalue weighted by Gasteiger charge is 1.93. The van der Waals surface area contributed by atoms with E-state index >= 15 is 0 Å². The topological polar surface area (TPSA) is 25.8 Å². The van der Waals surface area contributed by atoms with Gasteiger partial charge in [-0.05, 0) is 25.1 Å². The Labute approximate surface area is 80.1 Å². The van der Waals surface area contributed by atoms with Crippen LogP contribution >= 0.6 is 0 Å². The summed E-state index contributed by atoms with van der Waals surface area (Å²) in [6.45, 7) is 13.1. The summed E-state index contributed by atoms with van der Waals surface area (Å²) in [5.74, 6) is 0.748. The molecule has 0 atom stereocenters. The fourth-order valence-electron chi connectivity index (χ4n) is 0.824. The molecule has 0 aliphatic rings. The highest BCUT2D eigenvalue weighted by atomic mass is 14.9. The van der Waals surface area contributed by atoms with E-state index in [0.29, 0.717) is 0 Å². The maximum atomic E-state index is 4.12. The van der Waals surface area contributed by atoms with Gasteiger partial charge in [-0.1, -0.05) is 27.0 Å². The van der Waals surface area contributed by atoms with Crippen LogP contribution in [0.3, 0.4) is 0 Å². The van der Waals surface area contributed by atoms with Crippen LogP contribution in [0.2, 0.25) is 0 Å². The number of hydrogen-bond donors (Lipinski definition) is 0. The first kappa shape index (κ1) is 11.6. The third kappa shape index (κ3) is 3.65. The Morgan fingerprint density at radius 3 is 1.77 bits per heavy atom. The van der Waals surface area contributed by atoms with Gasteiger partial charge in [0, 0.05) is 0 Å². The lowest BCUT2D eigenvalue weighted by Crippen LogP contribution is -1.92. The Bertz CT molecular complexity index is 264. The molecule has 70 valence electrons. The number of nitrogens with zero attached hydrogens (tertiary/aromatic N) is 2. The maximum absolute atomic E-state index is 4.12. The maximum Gasteiger partial charge on any atom is 0.126 e. The molecule has 1 aromatic rings. The Balaban J connectivity index is 0.000000671. The lowest BCUT2D eigenvalue weighted by Gasteiger charge is -1.97. The van der Waals surface area contributed by atoms with Gasteiger partial charge in [-0.15, -0.1) is 0 Å². The van der Waals surface area contributed by atoms with Crippen LogP contribution in [0, 0.1) is 6.92 Å². The van der Waals surface area contributed by atoms with E-state index < -0.39 is 0 Å². The van der Waals surface area contributed by atoms with Gasteiger partial charge in [-0.3, -0.25) is 0 Å². The quantitative estimate of drug-likeness (QED) is 0.692. The van der Waals surface area contributed by atoms with E-state index in [1.807, 2.05) is 26.8 Å². The minimum Gasteiger partial charge on any atom is -0.234 e. The molecule has 0 bridgehead atoms. The van der Waals surface area contributed by atoms with Gasteiger partial charge in [-0.25, -0.2) is 9.97 Å². The molecular weight excluding hydrogens is 160 g/mol. The fraction of sp³-hybridized carbons (Fsp3) is 0.273. The van der Waals surface area contributed by atoms with E-state index in [9.17, 15) is 0 Å². The van der Waals surface area contributed by atoms with Crippen molar-refractivity contribution in [1.29, 1.82) is 0 Å². The van der Waals surface area contributed by atoms with Crippen LogP contribution in [0.1, 0.15) is 31.1 Å². The van der Waals surface area contributed by atoms with Crippen molar-refractivity contribution in [2.24, 2.45) is 0 Å². The zero-order valence-corrected chi connectivity index (χ0v) is 8.54. The van der Waals surface area contributed by atoms with Gasteiger partial charge in [0.1, 0.15) is 5.82 Å². The Morgan fingerprint density at radius 1 is 1.08 bits per heavy atom. The van der Waals surface area contributed by atoms with Gasteiger partial charge in [0.15, 0.2) is 0 Å². The third-order valence-electron chi connectivity index (χ3n) is 1.30. The van der Waals surface area contributed by atoms with Crippen LogP contribution in [0.5, 0.6) is 0 Å². The van der Waals surface area contributed by atoms with E-state index in [0.717, 1.165) is 17.2 Å². The number of hydrogen-bond acceptors (Lipinski definition) is 2. The van der Waals surface area contributed by atoms with Crippen LogP contribution in [0.4, 0.5) is 0 Å². The molecule has 0 saturated heterocycles. The second-order valence-electron chi connectivity index (χ2n) is 2.17. The first-order valence-electron chi connectivity index (χ1n) is 4.37. The van der Waals surface area contributed by atoms with Crippen molar-refractivity contribution in [3.63, 3.8) is 0 Å². The first-order valence-corrected chi connectivity index (χ1v) is 4.37. The lowest BCUT2D eigenvalue weighted by atomic mass is 10.3. The molecule has 1 aromatic heterocycles. The minimum absolute atomic E-state index is 0.748. The molecule has 0 N–H and O–H groups in total. The second-order valence-corrected chi connectivity index (χ2v) is 2.17. The predicted molar refractivity (Wildman–Crippen MR) is 58.3 cm³/mol. The van der Waals surface area contributed by atoms with Crippen LogP contribution in [0.25, 0.3) is 12.2 Å². The van der Waals surface area contributed by atoms with Crippen molar-refractivity contribution in [1.82, 2.24) is 9.97 Å². The summed E-state index contributed by atoms with van der Waals surface area (Å²) in [5, 5.41) is 0.